The molecule has 0 saturated carbocycles. The van der Waals surface area contributed by atoms with E-state index in [-0.39, 0.29) is 16.6 Å². The maximum absolute atomic E-state index is 13.3. The first-order valence-corrected chi connectivity index (χ1v) is 9.32. The number of furan rings is 1. The van der Waals surface area contributed by atoms with Crippen molar-refractivity contribution < 1.29 is 18.3 Å². The lowest BCUT2D eigenvalue weighted by atomic mass is 10.1. The molecule has 0 bridgehead atoms. The van der Waals surface area contributed by atoms with Gasteiger partial charge in [-0.25, -0.2) is 4.39 Å². The second-order valence-electron chi connectivity index (χ2n) is 6.51. The molecule has 5 heteroatoms. The van der Waals surface area contributed by atoms with E-state index in [9.17, 15) is 9.18 Å². The summed E-state index contributed by atoms with van der Waals surface area (Å²) >= 11 is 5.82. The maximum atomic E-state index is 13.3. The Hall–Kier alpha value is -3.37. The number of benzene rings is 3. The lowest BCUT2D eigenvalue weighted by molar-refractivity contribution is 0.101. The van der Waals surface area contributed by atoms with Crippen molar-refractivity contribution in [1.82, 2.24) is 0 Å². The molecule has 4 rings (SSSR count). The molecule has 1 aromatic heterocycles. The first kappa shape index (κ1) is 19.0. The number of para-hydroxylation sites is 1. The Kier molecular flexibility index (Phi) is 5.19. The zero-order valence-corrected chi connectivity index (χ0v) is 16.2. The van der Waals surface area contributed by atoms with Crippen LogP contribution in [0.15, 0.2) is 83.3 Å². The highest BCUT2D eigenvalue weighted by atomic mass is 35.5. The summed E-state index contributed by atoms with van der Waals surface area (Å²) in [4.78, 5) is 12.7. The SMILES string of the molecule is Cc1ccccc1Oc1ccc(C(=O)c2ccc(-c3ccc(F)c(Cl)c3)o2)cc1. The fraction of sp³-hybridized carbons (Fsp3) is 0.0417. The topological polar surface area (TPSA) is 39.4 Å². The molecule has 0 atom stereocenters. The van der Waals surface area contributed by atoms with Crippen molar-refractivity contribution in [3.8, 4) is 22.8 Å². The second-order valence-corrected chi connectivity index (χ2v) is 6.92. The van der Waals surface area contributed by atoms with Crippen LogP contribution in [-0.4, -0.2) is 5.78 Å². The Labute approximate surface area is 172 Å². The van der Waals surface area contributed by atoms with E-state index < -0.39 is 5.82 Å². The normalized spacial score (nSPS) is 10.7. The van der Waals surface area contributed by atoms with E-state index in [1.807, 2.05) is 31.2 Å². The van der Waals surface area contributed by atoms with Gasteiger partial charge in [0.2, 0.25) is 5.78 Å². The number of ether oxygens (including phenoxy) is 1. The number of hydrogen-bond acceptors (Lipinski definition) is 3. The van der Waals surface area contributed by atoms with E-state index in [1.54, 1.807) is 42.5 Å². The molecule has 0 aliphatic heterocycles. The molecular formula is C24H16ClFO3. The molecule has 4 aromatic rings. The molecule has 0 unspecified atom stereocenters. The molecule has 0 amide bonds. The van der Waals surface area contributed by atoms with Gasteiger partial charge < -0.3 is 9.15 Å². The molecule has 0 fully saturated rings. The standard InChI is InChI=1S/C24H16ClFO3/c1-15-4-2-3-5-21(15)28-18-9-6-16(7-10-18)24(27)23-13-12-22(29-23)17-8-11-20(26)19(25)14-17/h2-14H,1H3. The summed E-state index contributed by atoms with van der Waals surface area (Å²) in [5.41, 5.74) is 2.09. The molecule has 0 aliphatic carbocycles. The molecule has 0 aliphatic rings. The Balaban J connectivity index is 1.52. The maximum Gasteiger partial charge on any atom is 0.228 e. The Bertz CT molecular complexity index is 1180. The average molecular weight is 407 g/mol. The van der Waals surface area contributed by atoms with Gasteiger partial charge in [-0.15, -0.1) is 0 Å². The van der Waals surface area contributed by atoms with E-state index in [2.05, 4.69) is 0 Å². The number of hydrogen-bond donors (Lipinski definition) is 0. The number of halogens is 2. The van der Waals surface area contributed by atoms with E-state index in [0.717, 1.165) is 11.3 Å². The highest BCUT2D eigenvalue weighted by Crippen LogP contribution is 2.28. The number of ketones is 1. The molecule has 0 spiro atoms. The monoisotopic (exact) mass is 406 g/mol. The lowest BCUT2D eigenvalue weighted by Gasteiger charge is -2.08. The van der Waals surface area contributed by atoms with Crippen LogP contribution in [0.3, 0.4) is 0 Å². The zero-order valence-electron chi connectivity index (χ0n) is 15.5. The third-order valence-electron chi connectivity index (χ3n) is 4.47. The molecule has 0 radical (unpaired) electrons. The van der Waals surface area contributed by atoms with Crippen LogP contribution >= 0.6 is 11.6 Å². The molecule has 144 valence electrons. The lowest BCUT2D eigenvalue weighted by Crippen LogP contribution is -1.99. The van der Waals surface area contributed by atoms with Gasteiger partial charge in [-0.3, -0.25) is 4.79 Å². The highest BCUT2D eigenvalue weighted by Gasteiger charge is 2.15. The van der Waals surface area contributed by atoms with Crippen LogP contribution in [-0.2, 0) is 0 Å². The predicted molar refractivity (Wildman–Crippen MR) is 110 cm³/mol. The number of carbonyl (C=O) groups excluding carboxylic acids is 1. The van der Waals surface area contributed by atoms with E-state index >= 15 is 0 Å². The smallest absolute Gasteiger partial charge is 0.228 e. The molecule has 3 nitrogen and oxygen atoms in total. The largest absolute Gasteiger partial charge is 0.457 e. The third kappa shape index (κ3) is 4.08. The summed E-state index contributed by atoms with van der Waals surface area (Å²) in [5.74, 6) is 1.26. The average Bonchev–Trinajstić information content (AvgIpc) is 3.22. The van der Waals surface area contributed by atoms with Crippen molar-refractivity contribution in [2.45, 2.75) is 6.92 Å². The minimum atomic E-state index is -0.508. The summed E-state index contributed by atoms with van der Waals surface area (Å²) in [6.45, 7) is 1.97. The van der Waals surface area contributed by atoms with Crippen molar-refractivity contribution >= 4 is 17.4 Å². The van der Waals surface area contributed by atoms with Crippen LogP contribution in [0, 0.1) is 12.7 Å². The summed E-state index contributed by atoms with van der Waals surface area (Å²) in [6, 6.07) is 22.1. The minimum absolute atomic E-state index is 0.00369. The molecule has 3 aromatic carbocycles. The molecule has 0 N–H and O–H groups in total. The van der Waals surface area contributed by atoms with Gasteiger partial charge in [0.05, 0.1) is 5.02 Å². The summed E-state index contributed by atoms with van der Waals surface area (Å²) < 4.78 is 24.8. The highest BCUT2D eigenvalue weighted by molar-refractivity contribution is 6.31. The van der Waals surface area contributed by atoms with Crippen molar-refractivity contribution in [3.63, 3.8) is 0 Å². The van der Waals surface area contributed by atoms with E-state index in [0.29, 0.717) is 22.6 Å². The van der Waals surface area contributed by atoms with Crippen molar-refractivity contribution in [2.75, 3.05) is 0 Å². The van der Waals surface area contributed by atoms with Crippen LogP contribution in [0.2, 0.25) is 5.02 Å². The molecule has 1 heterocycles. The summed E-state index contributed by atoms with van der Waals surface area (Å²) in [7, 11) is 0. The van der Waals surface area contributed by atoms with Crippen molar-refractivity contribution in [2.24, 2.45) is 0 Å². The van der Waals surface area contributed by atoms with Gasteiger partial charge in [-0.1, -0.05) is 29.8 Å². The first-order valence-electron chi connectivity index (χ1n) is 8.95. The Morgan fingerprint density at radius 2 is 1.72 bits per heavy atom. The van der Waals surface area contributed by atoms with Gasteiger partial charge in [0.15, 0.2) is 5.76 Å². The second kappa shape index (κ2) is 7.94. The number of aryl methyl sites for hydroxylation is 1. The van der Waals surface area contributed by atoms with Crippen LogP contribution in [0.25, 0.3) is 11.3 Å². The number of rotatable bonds is 5. The van der Waals surface area contributed by atoms with E-state index in [1.165, 1.54) is 12.1 Å². The van der Waals surface area contributed by atoms with Crippen molar-refractivity contribution in [3.05, 3.63) is 107 Å². The fourth-order valence-electron chi connectivity index (χ4n) is 2.88. The van der Waals surface area contributed by atoms with Gasteiger partial charge >= 0.3 is 0 Å². The van der Waals surface area contributed by atoms with Crippen LogP contribution in [0.1, 0.15) is 21.7 Å². The Morgan fingerprint density at radius 3 is 2.45 bits per heavy atom. The third-order valence-corrected chi connectivity index (χ3v) is 4.76. The van der Waals surface area contributed by atoms with E-state index in [4.69, 9.17) is 20.8 Å². The van der Waals surface area contributed by atoms with Gasteiger partial charge in [-0.2, -0.15) is 0 Å². The zero-order chi connectivity index (χ0) is 20.4. The predicted octanol–water partition coefficient (Wildman–Crippen LogP) is 7.07. The van der Waals surface area contributed by atoms with Crippen LogP contribution in [0.4, 0.5) is 4.39 Å². The quantitative estimate of drug-likeness (QED) is 0.333. The van der Waals surface area contributed by atoms with Crippen LogP contribution < -0.4 is 4.74 Å². The van der Waals surface area contributed by atoms with Crippen molar-refractivity contribution in [1.29, 1.82) is 0 Å². The molecule has 0 saturated heterocycles. The minimum Gasteiger partial charge on any atom is -0.457 e. The van der Waals surface area contributed by atoms with Gasteiger partial charge in [0.25, 0.3) is 0 Å². The van der Waals surface area contributed by atoms with Crippen LogP contribution in [0.5, 0.6) is 11.5 Å². The van der Waals surface area contributed by atoms with Gasteiger partial charge in [-0.05, 0) is 73.2 Å². The van der Waals surface area contributed by atoms with Gasteiger partial charge in [0, 0.05) is 11.1 Å². The first-order chi connectivity index (χ1) is 14.0. The fourth-order valence-corrected chi connectivity index (χ4v) is 3.06. The molecule has 29 heavy (non-hydrogen) atoms. The summed E-state index contributed by atoms with van der Waals surface area (Å²) in [5, 5.41) is -0.00369. The Morgan fingerprint density at radius 1 is 0.966 bits per heavy atom. The molecular weight excluding hydrogens is 391 g/mol. The summed E-state index contributed by atoms with van der Waals surface area (Å²) in [6.07, 6.45) is 0. The van der Waals surface area contributed by atoms with Gasteiger partial charge in [0.1, 0.15) is 23.1 Å². The number of carbonyl (C=O) groups is 1.